The zero-order valence-corrected chi connectivity index (χ0v) is 8.15. The summed E-state index contributed by atoms with van der Waals surface area (Å²) in [6, 6.07) is 0.410. The van der Waals surface area contributed by atoms with Crippen molar-refractivity contribution < 1.29 is 0 Å². The highest BCUT2D eigenvalue weighted by atomic mass is 35.5. The summed E-state index contributed by atoms with van der Waals surface area (Å²) < 4.78 is 1.92. The minimum Gasteiger partial charge on any atom is -0.384 e. The molecule has 0 fully saturated rings. The minimum absolute atomic E-state index is 0. The van der Waals surface area contributed by atoms with E-state index in [1.54, 1.807) is 12.5 Å². The molecule has 1 rings (SSSR count). The van der Waals surface area contributed by atoms with E-state index in [2.05, 4.69) is 18.8 Å². The molecule has 0 amide bonds. The normalized spacial score (nSPS) is 8.64. The molecule has 0 bridgehead atoms. The molecule has 0 unspecified atom stereocenters. The number of aromatic nitrogens is 2. The summed E-state index contributed by atoms with van der Waals surface area (Å²) in [6.07, 6.45) is 3.39. The molecule has 0 saturated heterocycles. The number of nitrogens with two attached hydrogens (primary N) is 1. The Bertz CT molecular complexity index is 197. The van der Waals surface area contributed by atoms with Gasteiger partial charge in [0.05, 0.1) is 12.5 Å². The first-order valence-corrected chi connectivity index (χ1v) is 2.99. The molecular formula is C6H13Cl2N3. The molecule has 0 aliphatic carbocycles. The summed E-state index contributed by atoms with van der Waals surface area (Å²) in [5, 5.41) is 0. The van der Waals surface area contributed by atoms with Crippen molar-refractivity contribution in [3.63, 3.8) is 0 Å². The van der Waals surface area contributed by atoms with Crippen molar-refractivity contribution in [2.45, 2.75) is 19.9 Å². The molecule has 0 aliphatic rings. The van der Waals surface area contributed by atoms with E-state index in [9.17, 15) is 0 Å². The van der Waals surface area contributed by atoms with E-state index in [1.807, 2.05) is 4.57 Å². The second-order valence-electron chi connectivity index (χ2n) is 2.32. The van der Waals surface area contributed by atoms with Crippen LogP contribution in [-0.4, -0.2) is 9.55 Å². The number of hydrogen-bond acceptors (Lipinski definition) is 2. The average Bonchev–Trinajstić information content (AvgIpc) is 2.13. The number of halogens is 2. The molecule has 0 aromatic carbocycles. The van der Waals surface area contributed by atoms with Gasteiger partial charge in [-0.2, -0.15) is 0 Å². The predicted molar refractivity (Wildman–Crippen MR) is 51.5 cm³/mol. The Morgan fingerprint density at radius 2 is 2.00 bits per heavy atom. The number of imidazole rings is 1. The lowest BCUT2D eigenvalue weighted by atomic mass is 10.4. The average molecular weight is 198 g/mol. The van der Waals surface area contributed by atoms with Crippen molar-refractivity contribution in [2.75, 3.05) is 5.73 Å². The topological polar surface area (TPSA) is 43.8 Å². The lowest BCUT2D eigenvalue weighted by Gasteiger charge is -2.06. The second-order valence-corrected chi connectivity index (χ2v) is 2.32. The highest BCUT2D eigenvalue weighted by molar-refractivity contribution is 5.85. The van der Waals surface area contributed by atoms with Crippen molar-refractivity contribution in [3.8, 4) is 0 Å². The predicted octanol–water partition coefficient (Wildman–Crippen LogP) is 1.89. The Morgan fingerprint density at radius 1 is 1.45 bits per heavy atom. The molecule has 1 aromatic rings. The summed E-state index contributed by atoms with van der Waals surface area (Å²) in [4.78, 5) is 3.88. The smallest absolute Gasteiger partial charge is 0.123 e. The molecule has 5 heteroatoms. The highest BCUT2D eigenvalue weighted by Crippen LogP contribution is 2.08. The molecule has 66 valence electrons. The van der Waals surface area contributed by atoms with E-state index < -0.39 is 0 Å². The van der Waals surface area contributed by atoms with Crippen LogP contribution in [-0.2, 0) is 0 Å². The van der Waals surface area contributed by atoms with Crippen molar-refractivity contribution >= 4 is 30.6 Å². The van der Waals surface area contributed by atoms with Crippen LogP contribution in [0.15, 0.2) is 12.5 Å². The van der Waals surface area contributed by atoms with Crippen molar-refractivity contribution in [3.05, 3.63) is 12.5 Å². The van der Waals surface area contributed by atoms with Gasteiger partial charge in [0.1, 0.15) is 5.82 Å². The maximum atomic E-state index is 5.54. The minimum atomic E-state index is 0. The zero-order valence-electron chi connectivity index (χ0n) is 6.52. The fourth-order valence-electron chi connectivity index (χ4n) is 0.746. The van der Waals surface area contributed by atoms with Crippen LogP contribution in [0.4, 0.5) is 5.82 Å². The number of rotatable bonds is 1. The van der Waals surface area contributed by atoms with E-state index in [4.69, 9.17) is 5.73 Å². The first-order chi connectivity index (χ1) is 4.22. The van der Waals surface area contributed by atoms with Crippen molar-refractivity contribution in [2.24, 2.45) is 0 Å². The second kappa shape index (κ2) is 5.27. The molecule has 0 aliphatic heterocycles. The van der Waals surface area contributed by atoms with Crippen molar-refractivity contribution in [1.82, 2.24) is 9.55 Å². The van der Waals surface area contributed by atoms with Crippen LogP contribution < -0.4 is 5.73 Å². The summed E-state index contributed by atoms with van der Waals surface area (Å²) >= 11 is 0. The largest absolute Gasteiger partial charge is 0.384 e. The van der Waals surface area contributed by atoms with E-state index in [-0.39, 0.29) is 24.8 Å². The fourth-order valence-corrected chi connectivity index (χ4v) is 0.746. The Labute approximate surface area is 78.8 Å². The Morgan fingerprint density at radius 3 is 2.18 bits per heavy atom. The van der Waals surface area contributed by atoms with Gasteiger partial charge < -0.3 is 10.3 Å². The first kappa shape index (κ1) is 13.2. The summed E-state index contributed by atoms with van der Waals surface area (Å²) in [5.74, 6) is 0.727. The standard InChI is InChI=1S/C6H11N3.2ClH/c1-5(2)9-4-8-3-6(9)7;;/h3-5H,7H2,1-2H3;2*1H. The molecule has 0 spiro atoms. The lowest BCUT2D eigenvalue weighted by molar-refractivity contribution is 0.607. The fraction of sp³-hybridized carbons (Fsp3) is 0.500. The third-order valence-corrected chi connectivity index (χ3v) is 1.25. The van der Waals surface area contributed by atoms with Gasteiger partial charge in [-0.15, -0.1) is 24.8 Å². The molecule has 1 heterocycles. The Hall–Kier alpha value is -0.410. The van der Waals surface area contributed by atoms with Crippen LogP contribution in [0.5, 0.6) is 0 Å². The molecule has 0 atom stereocenters. The third kappa shape index (κ3) is 2.99. The Balaban J connectivity index is 0. The summed E-state index contributed by atoms with van der Waals surface area (Å²) in [5.41, 5.74) is 5.54. The molecule has 11 heavy (non-hydrogen) atoms. The summed E-state index contributed by atoms with van der Waals surface area (Å²) in [6.45, 7) is 4.14. The molecular weight excluding hydrogens is 185 g/mol. The van der Waals surface area contributed by atoms with Crippen LogP contribution >= 0.6 is 24.8 Å². The van der Waals surface area contributed by atoms with Gasteiger partial charge in [-0.1, -0.05) is 0 Å². The lowest BCUT2D eigenvalue weighted by Crippen LogP contribution is -2.02. The van der Waals surface area contributed by atoms with Crippen molar-refractivity contribution in [1.29, 1.82) is 0 Å². The van der Waals surface area contributed by atoms with E-state index in [0.717, 1.165) is 5.82 Å². The van der Waals surface area contributed by atoms with Gasteiger partial charge in [-0.05, 0) is 13.8 Å². The number of nitrogens with zero attached hydrogens (tertiary/aromatic N) is 2. The monoisotopic (exact) mass is 197 g/mol. The summed E-state index contributed by atoms with van der Waals surface area (Å²) in [7, 11) is 0. The van der Waals surface area contributed by atoms with Gasteiger partial charge in [0.25, 0.3) is 0 Å². The molecule has 0 radical (unpaired) electrons. The van der Waals surface area contributed by atoms with Crippen LogP contribution in [0, 0.1) is 0 Å². The molecule has 0 saturated carbocycles. The quantitative estimate of drug-likeness (QED) is 0.748. The van der Waals surface area contributed by atoms with Gasteiger partial charge in [-0.3, -0.25) is 0 Å². The SMILES string of the molecule is CC(C)n1cncc1N.Cl.Cl. The van der Waals surface area contributed by atoms with Crippen LogP contribution in [0.2, 0.25) is 0 Å². The molecule has 1 aromatic heterocycles. The maximum Gasteiger partial charge on any atom is 0.123 e. The number of anilines is 1. The van der Waals surface area contributed by atoms with Crippen LogP contribution in [0.1, 0.15) is 19.9 Å². The zero-order chi connectivity index (χ0) is 6.85. The van der Waals surface area contributed by atoms with E-state index in [1.165, 1.54) is 0 Å². The van der Waals surface area contributed by atoms with Gasteiger partial charge in [0, 0.05) is 6.04 Å². The van der Waals surface area contributed by atoms with E-state index >= 15 is 0 Å². The molecule has 2 N–H and O–H groups in total. The van der Waals surface area contributed by atoms with Gasteiger partial charge in [0.15, 0.2) is 0 Å². The Kier molecular flexibility index (Phi) is 6.32. The molecule has 3 nitrogen and oxygen atoms in total. The van der Waals surface area contributed by atoms with Gasteiger partial charge in [-0.25, -0.2) is 4.98 Å². The number of hydrogen-bond donors (Lipinski definition) is 1. The third-order valence-electron chi connectivity index (χ3n) is 1.25. The van der Waals surface area contributed by atoms with Crippen LogP contribution in [0.25, 0.3) is 0 Å². The number of nitrogen functional groups attached to an aromatic ring is 1. The van der Waals surface area contributed by atoms with Gasteiger partial charge in [0.2, 0.25) is 0 Å². The highest BCUT2D eigenvalue weighted by Gasteiger charge is 1.98. The first-order valence-electron chi connectivity index (χ1n) is 2.99. The van der Waals surface area contributed by atoms with Gasteiger partial charge >= 0.3 is 0 Å². The van der Waals surface area contributed by atoms with Crippen LogP contribution in [0.3, 0.4) is 0 Å². The van der Waals surface area contributed by atoms with E-state index in [0.29, 0.717) is 6.04 Å². The maximum absolute atomic E-state index is 5.54.